The average Bonchev–Trinajstić information content (AvgIpc) is 3.20. The number of aryl methyl sites for hydroxylation is 1. The fourth-order valence-electron chi connectivity index (χ4n) is 4.28. The number of carbonyl (C=O) groups is 2. The molecule has 0 spiro atoms. The molecular weight excluding hydrogens is 338 g/mol. The normalized spacial score (nSPS) is 18.9. The first-order valence-electron chi connectivity index (χ1n) is 10.5. The predicted octanol–water partition coefficient (Wildman–Crippen LogP) is 3.67. The van der Waals surface area contributed by atoms with E-state index in [9.17, 15) is 9.59 Å². The standard InChI is InChI=1S/C22H33N3O2/c1-15(2)14-23-21(26)19-9-8-16(3)24-20(19)17-10-12-25(13-11-17)22(27)18-6-4-5-7-18/h8-9,15,17-18H,4-7,10-14H2,1-3H3,(H,23,26). The van der Waals surface area contributed by atoms with Crippen LogP contribution in [0.3, 0.4) is 0 Å². The Hall–Kier alpha value is -1.91. The van der Waals surface area contributed by atoms with Gasteiger partial charge in [0.05, 0.1) is 11.3 Å². The van der Waals surface area contributed by atoms with E-state index in [4.69, 9.17) is 4.98 Å². The second-order valence-corrected chi connectivity index (χ2v) is 8.57. The van der Waals surface area contributed by atoms with Crippen molar-refractivity contribution in [3.63, 3.8) is 0 Å². The molecule has 0 aromatic carbocycles. The number of carbonyl (C=O) groups excluding carboxylic acids is 2. The molecule has 1 aromatic heterocycles. The van der Waals surface area contributed by atoms with Crippen molar-refractivity contribution in [2.75, 3.05) is 19.6 Å². The van der Waals surface area contributed by atoms with Crippen LogP contribution in [0.2, 0.25) is 0 Å². The van der Waals surface area contributed by atoms with E-state index in [1.54, 1.807) is 0 Å². The number of nitrogens with zero attached hydrogens (tertiary/aromatic N) is 2. The zero-order chi connectivity index (χ0) is 19.4. The summed E-state index contributed by atoms with van der Waals surface area (Å²) in [6, 6.07) is 3.82. The zero-order valence-corrected chi connectivity index (χ0v) is 17.0. The molecule has 2 fully saturated rings. The van der Waals surface area contributed by atoms with Crippen molar-refractivity contribution in [2.45, 2.75) is 65.2 Å². The van der Waals surface area contributed by atoms with Crippen LogP contribution in [0.15, 0.2) is 12.1 Å². The van der Waals surface area contributed by atoms with Gasteiger partial charge in [-0.15, -0.1) is 0 Å². The van der Waals surface area contributed by atoms with Gasteiger partial charge in [-0.05, 0) is 50.7 Å². The maximum Gasteiger partial charge on any atom is 0.253 e. The summed E-state index contributed by atoms with van der Waals surface area (Å²) >= 11 is 0. The molecule has 1 saturated heterocycles. The molecule has 3 rings (SSSR count). The van der Waals surface area contributed by atoms with Gasteiger partial charge in [0.2, 0.25) is 5.91 Å². The van der Waals surface area contributed by atoms with E-state index in [-0.39, 0.29) is 17.7 Å². The molecule has 0 radical (unpaired) electrons. The van der Waals surface area contributed by atoms with Crippen LogP contribution in [-0.2, 0) is 4.79 Å². The Bertz CT molecular complexity index is 672. The van der Waals surface area contributed by atoms with E-state index in [1.807, 2.05) is 24.0 Å². The lowest BCUT2D eigenvalue weighted by atomic mass is 9.89. The third-order valence-electron chi connectivity index (χ3n) is 5.88. The lowest BCUT2D eigenvalue weighted by molar-refractivity contribution is -0.136. The van der Waals surface area contributed by atoms with Gasteiger partial charge in [0.25, 0.3) is 5.91 Å². The van der Waals surface area contributed by atoms with Crippen LogP contribution in [0.25, 0.3) is 0 Å². The van der Waals surface area contributed by atoms with Crippen LogP contribution in [0, 0.1) is 18.8 Å². The molecule has 2 heterocycles. The summed E-state index contributed by atoms with van der Waals surface area (Å²) in [6.07, 6.45) is 6.26. The minimum atomic E-state index is -0.0318. The molecule has 1 aliphatic carbocycles. The number of piperidine rings is 1. The Kier molecular flexibility index (Phi) is 6.51. The van der Waals surface area contributed by atoms with Crippen molar-refractivity contribution in [1.29, 1.82) is 0 Å². The van der Waals surface area contributed by atoms with Crippen LogP contribution in [0.1, 0.15) is 80.0 Å². The lowest BCUT2D eigenvalue weighted by Gasteiger charge is -2.34. The second kappa shape index (κ2) is 8.85. The van der Waals surface area contributed by atoms with Crippen molar-refractivity contribution in [2.24, 2.45) is 11.8 Å². The first-order valence-corrected chi connectivity index (χ1v) is 10.5. The molecule has 5 heteroatoms. The van der Waals surface area contributed by atoms with Crippen molar-refractivity contribution < 1.29 is 9.59 Å². The van der Waals surface area contributed by atoms with Gasteiger partial charge in [-0.25, -0.2) is 0 Å². The summed E-state index contributed by atoms with van der Waals surface area (Å²) in [7, 11) is 0. The lowest BCUT2D eigenvalue weighted by Crippen LogP contribution is -2.41. The number of pyridine rings is 1. The number of hydrogen-bond acceptors (Lipinski definition) is 3. The average molecular weight is 372 g/mol. The van der Waals surface area contributed by atoms with Gasteiger partial charge >= 0.3 is 0 Å². The third kappa shape index (κ3) is 4.88. The van der Waals surface area contributed by atoms with E-state index >= 15 is 0 Å². The Labute approximate surface area is 162 Å². The van der Waals surface area contributed by atoms with Crippen molar-refractivity contribution in [3.05, 3.63) is 29.1 Å². The smallest absolute Gasteiger partial charge is 0.253 e. The van der Waals surface area contributed by atoms with E-state index in [0.29, 0.717) is 23.9 Å². The number of aromatic nitrogens is 1. The summed E-state index contributed by atoms with van der Waals surface area (Å²) in [5, 5.41) is 3.02. The highest BCUT2D eigenvalue weighted by Crippen LogP contribution is 2.32. The van der Waals surface area contributed by atoms with Crippen molar-refractivity contribution in [1.82, 2.24) is 15.2 Å². The van der Waals surface area contributed by atoms with Gasteiger partial charge in [0.1, 0.15) is 0 Å². The van der Waals surface area contributed by atoms with E-state index in [0.717, 1.165) is 50.2 Å². The number of likely N-dealkylation sites (tertiary alicyclic amines) is 1. The Morgan fingerprint density at radius 1 is 1.15 bits per heavy atom. The fourth-order valence-corrected chi connectivity index (χ4v) is 4.28. The molecule has 1 aromatic rings. The summed E-state index contributed by atoms with van der Waals surface area (Å²) in [6.45, 7) is 8.38. The number of nitrogens with one attached hydrogen (secondary N) is 1. The van der Waals surface area contributed by atoms with Crippen LogP contribution in [0.4, 0.5) is 0 Å². The quantitative estimate of drug-likeness (QED) is 0.859. The van der Waals surface area contributed by atoms with Crippen LogP contribution < -0.4 is 5.32 Å². The van der Waals surface area contributed by atoms with E-state index in [1.165, 1.54) is 12.8 Å². The van der Waals surface area contributed by atoms with Crippen molar-refractivity contribution >= 4 is 11.8 Å². The highest BCUT2D eigenvalue weighted by molar-refractivity contribution is 5.95. The number of amides is 2. The zero-order valence-electron chi connectivity index (χ0n) is 17.0. The number of rotatable bonds is 5. The van der Waals surface area contributed by atoms with Gasteiger partial charge < -0.3 is 10.2 Å². The van der Waals surface area contributed by atoms with Gasteiger partial charge in [-0.3, -0.25) is 14.6 Å². The molecule has 148 valence electrons. The minimum Gasteiger partial charge on any atom is -0.352 e. The molecule has 0 atom stereocenters. The fraction of sp³-hybridized carbons (Fsp3) is 0.682. The van der Waals surface area contributed by atoms with Crippen LogP contribution in [-0.4, -0.2) is 41.3 Å². The monoisotopic (exact) mass is 371 g/mol. The largest absolute Gasteiger partial charge is 0.352 e. The molecule has 5 nitrogen and oxygen atoms in total. The third-order valence-corrected chi connectivity index (χ3v) is 5.88. The van der Waals surface area contributed by atoms with Crippen LogP contribution >= 0.6 is 0 Å². The second-order valence-electron chi connectivity index (χ2n) is 8.57. The molecule has 1 aliphatic heterocycles. The topological polar surface area (TPSA) is 62.3 Å². The van der Waals surface area contributed by atoms with Gasteiger partial charge in [0, 0.05) is 37.2 Å². The molecule has 0 unspecified atom stereocenters. The predicted molar refractivity (Wildman–Crippen MR) is 107 cm³/mol. The SMILES string of the molecule is Cc1ccc(C(=O)NCC(C)C)c(C2CCN(C(=O)C3CCCC3)CC2)n1. The molecular formula is C22H33N3O2. The Morgan fingerprint density at radius 2 is 1.81 bits per heavy atom. The van der Waals surface area contributed by atoms with E-state index < -0.39 is 0 Å². The van der Waals surface area contributed by atoms with Gasteiger partial charge in [0.15, 0.2) is 0 Å². The summed E-state index contributed by atoms with van der Waals surface area (Å²) in [5.74, 6) is 1.22. The highest BCUT2D eigenvalue weighted by Gasteiger charge is 2.32. The maximum atomic E-state index is 12.7. The maximum absolute atomic E-state index is 12.7. The molecule has 27 heavy (non-hydrogen) atoms. The summed E-state index contributed by atoms with van der Waals surface area (Å²) in [5.41, 5.74) is 2.54. The van der Waals surface area contributed by atoms with Crippen LogP contribution in [0.5, 0.6) is 0 Å². The first kappa shape index (κ1) is 19.8. The number of hydrogen-bond donors (Lipinski definition) is 1. The minimum absolute atomic E-state index is 0.0318. The summed E-state index contributed by atoms with van der Waals surface area (Å²) in [4.78, 5) is 32.1. The van der Waals surface area contributed by atoms with Crippen molar-refractivity contribution in [3.8, 4) is 0 Å². The Morgan fingerprint density at radius 3 is 2.44 bits per heavy atom. The van der Waals surface area contributed by atoms with Gasteiger partial charge in [-0.1, -0.05) is 26.7 Å². The van der Waals surface area contributed by atoms with Gasteiger partial charge in [-0.2, -0.15) is 0 Å². The molecule has 0 bridgehead atoms. The molecule has 2 amide bonds. The molecule has 1 N–H and O–H groups in total. The summed E-state index contributed by atoms with van der Waals surface area (Å²) < 4.78 is 0. The molecule has 1 saturated carbocycles. The molecule has 2 aliphatic rings. The highest BCUT2D eigenvalue weighted by atomic mass is 16.2. The Balaban J connectivity index is 1.67. The van der Waals surface area contributed by atoms with E-state index in [2.05, 4.69) is 19.2 Å². The first-order chi connectivity index (χ1) is 13.0.